The van der Waals surface area contributed by atoms with Gasteiger partial charge in [-0.25, -0.2) is 4.79 Å². The molecule has 2 rings (SSSR count). The van der Waals surface area contributed by atoms with Gasteiger partial charge in [0.2, 0.25) is 0 Å². The average molecular weight is 391 g/mol. The Bertz CT molecular complexity index is 913. The van der Waals surface area contributed by atoms with Gasteiger partial charge in [0.25, 0.3) is 5.91 Å². The van der Waals surface area contributed by atoms with Crippen LogP contribution in [0.5, 0.6) is 0 Å². The fraction of sp³-hybridized carbons (Fsp3) is 0.261. The van der Waals surface area contributed by atoms with Crippen LogP contribution in [0.3, 0.4) is 0 Å². The fourth-order valence-electron chi connectivity index (χ4n) is 2.69. The Morgan fingerprint density at radius 2 is 1.69 bits per heavy atom. The van der Waals surface area contributed by atoms with Gasteiger partial charge in [0, 0.05) is 33.4 Å². The molecule has 1 atom stereocenters. The van der Waals surface area contributed by atoms with Gasteiger partial charge >= 0.3 is 5.97 Å². The molecule has 0 aliphatic rings. The first kappa shape index (κ1) is 21.7. The van der Waals surface area contributed by atoms with Gasteiger partial charge in [0.15, 0.2) is 6.10 Å². The van der Waals surface area contributed by atoms with Crippen molar-refractivity contribution >= 4 is 23.6 Å². The van der Waals surface area contributed by atoms with E-state index in [1.807, 2.05) is 79.7 Å². The van der Waals surface area contributed by atoms with Crippen LogP contribution in [0.2, 0.25) is 0 Å². The molecule has 0 N–H and O–H groups in total. The number of amides is 1. The maximum atomic E-state index is 12.5. The molecule has 0 bridgehead atoms. The highest BCUT2D eigenvalue weighted by Crippen LogP contribution is 2.15. The third kappa shape index (κ3) is 6.22. The second-order valence-electron chi connectivity index (χ2n) is 6.88. The molecular formula is C23H25N3O3. The van der Waals surface area contributed by atoms with Crippen LogP contribution in [-0.2, 0) is 20.9 Å². The van der Waals surface area contributed by atoms with E-state index in [2.05, 4.69) is 0 Å². The summed E-state index contributed by atoms with van der Waals surface area (Å²) in [6.07, 6.45) is 0.455. The van der Waals surface area contributed by atoms with Crippen LogP contribution in [0.1, 0.15) is 18.1 Å². The van der Waals surface area contributed by atoms with Crippen molar-refractivity contribution in [1.82, 2.24) is 4.90 Å². The van der Waals surface area contributed by atoms with Gasteiger partial charge in [-0.1, -0.05) is 42.5 Å². The van der Waals surface area contributed by atoms with Crippen molar-refractivity contribution in [3.8, 4) is 6.07 Å². The number of nitrogens with zero attached hydrogens (tertiary/aromatic N) is 3. The van der Waals surface area contributed by atoms with Crippen molar-refractivity contribution in [1.29, 1.82) is 5.26 Å². The molecule has 0 aliphatic heterocycles. The van der Waals surface area contributed by atoms with Gasteiger partial charge in [-0.2, -0.15) is 5.26 Å². The Balaban J connectivity index is 2.02. The van der Waals surface area contributed by atoms with Gasteiger partial charge in [-0.3, -0.25) is 4.79 Å². The number of nitriles is 1. The molecule has 0 aliphatic carbocycles. The first-order valence-corrected chi connectivity index (χ1v) is 9.21. The molecule has 0 radical (unpaired) electrons. The van der Waals surface area contributed by atoms with E-state index in [1.165, 1.54) is 17.9 Å². The summed E-state index contributed by atoms with van der Waals surface area (Å²) in [5.41, 5.74) is 2.52. The van der Waals surface area contributed by atoms with Crippen molar-refractivity contribution in [2.24, 2.45) is 0 Å². The lowest BCUT2D eigenvalue weighted by Crippen LogP contribution is -2.37. The van der Waals surface area contributed by atoms with Gasteiger partial charge in [-0.05, 0) is 36.3 Å². The molecule has 2 aromatic carbocycles. The SMILES string of the molecule is C[C@H](OC(=O)/C(C#N)=C/c1ccc(N(C)C)cc1)C(=O)N(C)Cc1ccccc1. The van der Waals surface area contributed by atoms with E-state index in [4.69, 9.17) is 4.74 Å². The first-order valence-electron chi connectivity index (χ1n) is 9.21. The van der Waals surface area contributed by atoms with Crippen LogP contribution in [-0.4, -0.2) is 44.0 Å². The quantitative estimate of drug-likeness (QED) is 0.411. The van der Waals surface area contributed by atoms with Crippen molar-refractivity contribution in [2.45, 2.75) is 19.6 Å². The number of hydrogen-bond acceptors (Lipinski definition) is 5. The highest BCUT2D eigenvalue weighted by molar-refractivity contribution is 5.99. The van der Waals surface area contributed by atoms with Crippen LogP contribution in [0.4, 0.5) is 5.69 Å². The van der Waals surface area contributed by atoms with Crippen molar-refractivity contribution in [3.63, 3.8) is 0 Å². The van der Waals surface area contributed by atoms with E-state index in [9.17, 15) is 14.9 Å². The fourth-order valence-corrected chi connectivity index (χ4v) is 2.69. The lowest BCUT2D eigenvalue weighted by atomic mass is 10.1. The zero-order valence-corrected chi connectivity index (χ0v) is 17.1. The van der Waals surface area contributed by atoms with Crippen LogP contribution in [0, 0.1) is 11.3 Å². The van der Waals surface area contributed by atoms with Crippen molar-refractivity contribution in [2.75, 3.05) is 26.0 Å². The topological polar surface area (TPSA) is 73.6 Å². The van der Waals surface area contributed by atoms with E-state index in [0.29, 0.717) is 12.1 Å². The summed E-state index contributed by atoms with van der Waals surface area (Å²) >= 11 is 0. The number of esters is 1. The van der Waals surface area contributed by atoms with E-state index in [0.717, 1.165) is 11.3 Å². The minimum atomic E-state index is -0.996. The summed E-state index contributed by atoms with van der Waals surface area (Å²) < 4.78 is 5.23. The number of carbonyl (C=O) groups excluding carboxylic acids is 2. The van der Waals surface area contributed by atoms with E-state index in [1.54, 1.807) is 7.05 Å². The highest BCUT2D eigenvalue weighted by Gasteiger charge is 2.23. The molecule has 0 fully saturated rings. The Labute approximate surface area is 171 Å². The van der Waals surface area contributed by atoms with Crippen molar-refractivity contribution in [3.05, 3.63) is 71.3 Å². The second-order valence-corrected chi connectivity index (χ2v) is 6.88. The average Bonchev–Trinajstić information content (AvgIpc) is 2.72. The van der Waals surface area contributed by atoms with Gasteiger partial charge in [0.1, 0.15) is 11.6 Å². The largest absolute Gasteiger partial charge is 0.448 e. The summed E-state index contributed by atoms with van der Waals surface area (Å²) in [5, 5.41) is 9.33. The standard InChI is InChI=1S/C23H25N3O3/c1-17(22(27)26(4)16-19-8-6-5-7-9-19)29-23(28)20(15-24)14-18-10-12-21(13-11-18)25(2)3/h5-14,17H,16H2,1-4H3/b20-14+/t17-/m0/s1. The third-order valence-corrected chi connectivity index (χ3v) is 4.33. The zero-order chi connectivity index (χ0) is 21.4. The highest BCUT2D eigenvalue weighted by atomic mass is 16.5. The predicted octanol–water partition coefficient (Wildman–Crippen LogP) is 3.25. The van der Waals surface area contributed by atoms with Crippen molar-refractivity contribution < 1.29 is 14.3 Å². The van der Waals surface area contributed by atoms with Gasteiger partial charge in [-0.15, -0.1) is 0 Å². The smallest absolute Gasteiger partial charge is 0.349 e. The van der Waals surface area contributed by atoms with Gasteiger partial charge in [0.05, 0.1) is 0 Å². The number of hydrogen-bond donors (Lipinski definition) is 0. The molecule has 0 saturated carbocycles. The Kier molecular flexibility index (Phi) is 7.55. The summed E-state index contributed by atoms with van der Waals surface area (Å²) in [6, 6.07) is 18.8. The van der Waals surface area contributed by atoms with E-state index >= 15 is 0 Å². The molecule has 6 heteroatoms. The number of benzene rings is 2. The van der Waals surface area contributed by atoms with E-state index < -0.39 is 12.1 Å². The molecule has 0 spiro atoms. The monoisotopic (exact) mass is 391 g/mol. The number of likely N-dealkylation sites (N-methyl/N-ethyl adjacent to an activating group) is 1. The minimum absolute atomic E-state index is 0.159. The predicted molar refractivity (Wildman–Crippen MR) is 113 cm³/mol. The molecule has 0 heterocycles. The number of carbonyl (C=O) groups is 2. The number of anilines is 1. The third-order valence-electron chi connectivity index (χ3n) is 4.33. The molecule has 150 valence electrons. The molecule has 29 heavy (non-hydrogen) atoms. The lowest BCUT2D eigenvalue weighted by molar-refractivity contribution is -0.155. The summed E-state index contributed by atoms with van der Waals surface area (Å²) in [7, 11) is 5.50. The van der Waals surface area contributed by atoms with Crippen LogP contribution in [0.25, 0.3) is 6.08 Å². The van der Waals surface area contributed by atoms with Gasteiger partial charge < -0.3 is 14.5 Å². The summed E-state index contributed by atoms with van der Waals surface area (Å²) in [4.78, 5) is 28.3. The van der Waals surface area contributed by atoms with Crippen LogP contribution >= 0.6 is 0 Å². The first-order chi connectivity index (χ1) is 13.8. The number of rotatable bonds is 7. The van der Waals surface area contributed by atoms with E-state index in [-0.39, 0.29) is 11.5 Å². The second kappa shape index (κ2) is 10.1. The Morgan fingerprint density at radius 1 is 1.07 bits per heavy atom. The Morgan fingerprint density at radius 3 is 2.24 bits per heavy atom. The minimum Gasteiger partial charge on any atom is -0.448 e. The Hall–Kier alpha value is -3.59. The maximum Gasteiger partial charge on any atom is 0.349 e. The summed E-state index contributed by atoms with van der Waals surface area (Å²) in [5.74, 6) is -1.16. The molecular weight excluding hydrogens is 366 g/mol. The molecule has 1 amide bonds. The normalized spacial score (nSPS) is 11.9. The lowest BCUT2D eigenvalue weighted by Gasteiger charge is -2.21. The molecule has 6 nitrogen and oxygen atoms in total. The number of ether oxygens (including phenoxy) is 1. The molecule has 2 aromatic rings. The maximum absolute atomic E-state index is 12.5. The summed E-state index contributed by atoms with van der Waals surface area (Å²) in [6.45, 7) is 1.91. The molecule has 0 saturated heterocycles. The zero-order valence-electron chi connectivity index (χ0n) is 17.1. The van der Waals surface area contributed by atoms with Crippen LogP contribution in [0.15, 0.2) is 60.2 Å². The molecule has 0 aromatic heterocycles. The molecule has 0 unspecified atom stereocenters. The van der Waals surface area contributed by atoms with Crippen LogP contribution < -0.4 is 4.90 Å².